The SMILES string of the molecule is CCCNC(=O)C(C)NC(=O)C1(CCC)CCNC1. The van der Waals surface area contributed by atoms with Gasteiger partial charge in [0.15, 0.2) is 0 Å². The summed E-state index contributed by atoms with van der Waals surface area (Å²) in [5.74, 6) is -0.0914. The molecule has 3 N–H and O–H groups in total. The molecule has 5 heteroatoms. The first kappa shape index (κ1) is 16.0. The molecule has 0 aromatic rings. The third-order valence-corrected chi connectivity index (χ3v) is 3.74. The van der Waals surface area contributed by atoms with Gasteiger partial charge >= 0.3 is 0 Å². The summed E-state index contributed by atoms with van der Waals surface area (Å²) >= 11 is 0. The Bertz CT molecular complexity index is 312. The fourth-order valence-electron chi connectivity index (χ4n) is 2.56. The van der Waals surface area contributed by atoms with Crippen LogP contribution >= 0.6 is 0 Å². The van der Waals surface area contributed by atoms with Gasteiger partial charge in [-0.25, -0.2) is 0 Å². The zero-order chi connectivity index (χ0) is 14.3. The molecule has 1 aliphatic heterocycles. The second-order valence-corrected chi connectivity index (χ2v) is 5.44. The van der Waals surface area contributed by atoms with Gasteiger partial charge in [-0.15, -0.1) is 0 Å². The van der Waals surface area contributed by atoms with Gasteiger partial charge in [0.1, 0.15) is 6.04 Å². The van der Waals surface area contributed by atoms with Crippen LogP contribution in [-0.2, 0) is 9.59 Å². The summed E-state index contributed by atoms with van der Waals surface area (Å²) in [6, 6.07) is -0.464. The largest absolute Gasteiger partial charge is 0.354 e. The highest BCUT2D eigenvalue weighted by atomic mass is 16.2. The first-order valence-corrected chi connectivity index (χ1v) is 7.35. The van der Waals surface area contributed by atoms with E-state index in [1.165, 1.54) is 0 Å². The van der Waals surface area contributed by atoms with Crippen molar-refractivity contribution >= 4 is 11.8 Å². The van der Waals surface area contributed by atoms with Crippen LogP contribution in [0.15, 0.2) is 0 Å². The zero-order valence-electron chi connectivity index (χ0n) is 12.3. The maximum absolute atomic E-state index is 12.4. The van der Waals surface area contributed by atoms with E-state index in [-0.39, 0.29) is 17.2 Å². The maximum atomic E-state index is 12.4. The highest BCUT2D eigenvalue weighted by Crippen LogP contribution is 2.31. The minimum atomic E-state index is -0.464. The molecule has 2 amide bonds. The molecule has 0 spiro atoms. The van der Waals surface area contributed by atoms with E-state index in [9.17, 15) is 9.59 Å². The predicted molar refractivity (Wildman–Crippen MR) is 75.7 cm³/mol. The van der Waals surface area contributed by atoms with Gasteiger partial charge in [-0.2, -0.15) is 0 Å². The number of amides is 2. The topological polar surface area (TPSA) is 70.2 Å². The molecular formula is C14H27N3O2. The molecule has 5 nitrogen and oxygen atoms in total. The lowest BCUT2D eigenvalue weighted by molar-refractivity contribution is -0.134. The van der Waals surface area contributed by atoms with Crippen LogP contribution in [-0.4, -0.2) is 37.5 Å². The number of carbonyl (C=O) groups is 2. The molecule has 19 heavy (non-hydrogen) atoms. The van der Waals surface area contributed by atoms with Gasteiger partial charge in [-0.3, -0.25) is 9.59 Å². The third-order valence-electron chi connectivity index (χ3n) is 3.74. The standard InChI is InChI=1S/C14H27N3O2/c1-4-6-14(7-9-15-10-14)13(19)17-11(3)12(18)16-8-5-2/h11,15H,4-10H2,1-3H3,(H,16,18)(H,17,19). The first-order valence-electron chi connectivity index (χ1n) is 7.35. The lowest BCUT2D eigenvalue weighted by atomic mass is 9.81. The molecule has 2 unspecified atom stereocenters. The summed E-state index contributed by atoms with van der Waals surface area (Å²) < 4.78 is 0. The average molecular weight is 269 g/mol. The van der Waals surface area contributed by atoms with Crippen LogP contribution in [0.1, 0.15) is 46.5 Å². The van der Waals surface area contributed by atoms with Crippen molar-refractivity contribution < 1.29 is 9.59 Å². The van der Waals surface area contributed by atoms with Crippen LogP contribution in [0.4, 0.5) is 0 Å². The summed E-state index contributed by atoms with van der Waals surface area (Å²) in [5, 5.41) is 8.92. The molecule has 1 heterocycles. The highest BCUT2D eigenvalue weighted by Gasteiger charge is 2.40. The molecule has 0 radical (unpaired) electrons. The summed E-state index contributed by atoms with van der Waals surface area (Å²) in [6.07, 6.45) is 3.60. The number of rotatable bonds is 7. The van der Waals surface area contributed by atoms with Gasteiger partial charge < -0.3 is 16.0 Å². The fourth-order valence-corrected chi connectivity index (χ4v) is 2.56. The smallest absolute Gasteiger partial charge is 0.242 e. The van der Waals surface area contributed by atoms with Crippen molar-refractivity contribution in [1.82, 2.24) is 16.0 Å². The minimum Gasteiger partial charge on any atom is -0.354 e. The van der Waals surface area contributed by atoms with Crippen molar-refractivity contribution in [2.24, 2.45) is 5.41 Å². The fraction of sp³-hybridized carbons (Fsp3) is 0.857. The van der Waals surface area contributed by atoms with E-state index in [4.69, 9.17) is 0 Å². The van der Waals surface area contributed by atoms with Crippen LogP contribution < -0.4 is 16.0 Å². The number of nitrogens with one attached hydrogen (secondary N) is 3. The number of carbonyl (C=O) groups excluding carboxylic acids is 2. The van der Waals surface area contributed by atoms with E-state index in [0.29, 0.717) is 6.54 Å². The van der Waals surface area contributed by atoms with E-state index in [2.05, 4.69) is 22.9 Å². The Balaban J connectivity index is 2.54. The molecular weight excluding hydrogens is 242 g/mol. The van der Waals surface area contributed by atoms with Gasteiger partial charge in [0.05, 0.1) is 5.41 Å². The van der Waals surface area contributed by atoms with Crippen molar-refractivity contribution in [3.63, 3.8) is 0 Å². The second kappa shape index (κ2) is 7.48. The van der Waals surface area contributed by atoms with Crippen LogP contribution in [0.2, 0.25) is 0 Å². The Hall–Kier alpha value is -1.10. The Labute approximate surface area is 115 Å². The number of hydrogen-bond acceptors (Lipinski definition) is 3. The summed E-state index contributed by atoms with van der Waals surface area (Å²) in [4.78, 5) is 24.2. The quantitative estimate of drug-likeness (QED) is 0.640. The zero-order valence-corrected chi connectivity index (χ0v) is 12.3. The number of hydrogen-bond donors (Lipinski definition) is 3. The molecule has 1 rings (SSSR count). The van der Waals surface area contributed by atoms with Crippen LogP contribution in [0.25, 0.3) is 0 Å². The Morgan fingerprint density at radius 2 is 2.05 bits per heavy atom. The second-order valence-electron chi connectivity index (χ2n) is 5.44. The molecule has 1 aliphatic rings. The summed E-state index contributed by atoms with van der Waals surface area (Å²) in [6.45, 7) is 8.08. The lowest BCUT2D eigenvalue weighted by Crippen LogP contribution is -2.51. The van der Waals surface area contributed by atoms with Crippen molar-refractivity contribution in [1.29, 1.82) is 0 Å². The van der Waals surface area contributed by atoms with Crippen LogP contribution in [0.3, 0.4) is 0 Å². The van der Waals surface area contributed by atoms with E-state index in [0.717, 1.165) is 38.8 Å². The normalized spacial score (nSPS) is 23.9. The lowest BCUT2D eigenvalue weighted by Gasteiger charge is -2.28. The molecule has 0 bridgehead atoms. The van der Waals surface area contributed by atoms with Gasteiger partial charge in [0.25, 0.3) is 0 Å². The van der Waals surface area contributed by atoms with Gasteiger partial charge in [0.2, 0.25) is 11.8 Å². The van der Waals surface area contributed by atoms with E-state index in [1.54, 1.807) is 6.92 Å². The molecule has 1 saturated heterocycles. The maximum Gasteiger partial charge on any atom is 0.242 e. The van der Waals surface area contributed by atoms with Crippen molar-refractivity contribution in [2.45, 2.75) is 52.5 Å². The van der Waals surface area contributed by atoms with Crippen molar-refractivity contribution in [3.8, 4) is 0 Å². The van der Waals surface area contributed by atoms with E-state index >= 15 is 0 Å². The molecule has 0 saturated carbocycles. The van der Waals surface area contributed by atoms with E-state index < -0.39 is 6.04 Å². The molecule has 0 aliphatic carbocycles. The highest BCUT2D eigenvalue weighted by molar-refractivity contribution is 5.90. The Morgan fingerprint density at radius 3 is 2.58 bits per heavy atom. The summed E-state index contributed by atoms with van der Waals surface area (Å²) in [5.41, 5.74) is -0.325. The summed E-state index contributed by atoms with van der Waals surface area (Å²) in [7, 11) is 0. The van der Waals surface area contributed by atoms with E-state index in [1.807, 2.05) is 6.92 Å². The van der Waals surface area contributed by atoms with Crippen molar-refractivity contribution in [3.05, 3.63) is 0 Å². The molecule has 0 aromatic heterocycles. The molecule has 110 valence electrons. The Kier molecular flexibility index (Phi) is 6.28. The monoisotopic (exact) mass is 269 g/mol. The Morgan fingerprint density at radius 1 is 1.32 bits per heavy atom. The van der Waals surface area contributed by atoms with Crippen molar-refractivity contribution in [2.75, 3.05) is 19.6 Å². The predicted octanol–water partition coefficient (Wildman–Crippen LogP) is 0.797. The minimum absolute atomic E-state index is 0.0125. The first-order chi connectivity index (χ1) is 9.05. The molecule has 0 aromatic carbocycles. The average Bonchev–Trinajstić information content (AvgIpc) is 2.86. The van der Waals surface area contributed by atoms with Crippen LogP contribution in [0, 0.1) is 5.41 Å². The van der Waals surface area contributed by atoms with Gasteiger partial charge in [-0.05, 0) is 32.7 Å². The molecule has 2 atom stereocenters. The van der Waals surface area contributed by atoms with Gasteiger partial charge in [-0.1, -0.05) is 20.3 Å². The molecule has 1 fully saturated rings. The van der Waals surface area contributed by atoms with Gasteiger partial charge in [0, 0.05) is 13.1 Å². The third kappa shape index (κ3) is 4.20. The van der Waals surface area contributed by atoms with Crippen LogP contribution in [0.5, 0.6) is 0 Å².